The number of aromatic nitrogens is 3. The molecular formula is C15H22N6O2S. The second-order valence-corrected chi connectivity index (χ2v) is 7.32. The second-order valence-electron chi connectivity index (χ2n) is 6.16. The molecule has 0 bridgehead atoms. The molecule has 1 atom stereocenters. The summed E-state index contributed by atoms with van der Waals surface area (Å²) in [6, 6.07) is 0. The molecule has 8 nitrogen and oxygen atoms in total. The van der Waals surface area contributed by atoms with Crippen molar-refractivity contribution in [3.05, 3.63) is 16.9 Å². The summed E-state index contributed by atoms with van der Waals surface area (Å²) in [7, 11) is 0. The topological polar surface area (TPSA) is 106 Å². The number of carbonyl (C=O) groups excluding carboxylic acids is 2. The summed E-state index contributed by atoms with van der Waals surface area (Å²) in [6.45, 7) is 4.14. The number of rotatable bonds is 6. The fourth-order valence-electron chi connectivity index (χ4n) is 3.06. The Morgan fingerprint density at radius 2 is 2.33 bits per heavy atom. The predicted molar refractivity (Wildman–Crippen MR) is 90.7 cm³/mol. The summed E-state index contributed by atoms with van der Waals surface area (Å²) in [4.78, 5) is 30.6. The van der Waals surface area contributed by atoms with Crippen molar-refractivity contribution in [1.29, 1.82) is 0 Å². The molecule has 130 valence electrons. The molecule has 0 saturated carbocycles. The first kappa shape index (κ1) is 16.8. The van der Waals surface area contributed by atoms with Crippen LogP contribution in [0.4, 0.5) is 0 Å². The van der Waals surface area contributed by atoms with E-state index >= 15 is 0 Å². The lowest BCUT2D eigenvalue weighted by atomic mass is 9.97. The van der Waals surface area contributed by atoms with Crippen molar-refractivity contribution >= 4 is 28.1 Å². The highest BCUT2D eigenvalue weighted by Crippen LogP contribution is 2.16. The number of carbonyl (C=O) groups is 2. The van der Waals surface area contributed by atoms with Crippen molar-refractivity contribution in [2.45, 2.75) is 26.2 Å². The molecule has 24 heavy (non-hydrogen) atoms. The number of amides is 2. The molecule has 0 aromatic carbocycles. The van der Waals surface area contributed by atoms with E-state index < -0.39 is 0 Å². The van der Waals surface area contributed by atoms with Crippen LogP contribution in [0.15, 0.2) is 6.20 Å². The smallest absolute Gasteiger partial charge is 0.231 e. The minimum absolute atomic E-state index is 0.0409. The third-order valence-corrected chi connectivity index (χ3v) is 4.97. The summed E-state index contributed by atoms with van der Waals surface area (Å²) in [5.41, 5.74) is 6.15. The monoisotopic (exact) mass is 350 g/mol. The van der Waals surface area contributed by atoms with E-state index in [0.29, 0.717) is 19.5 Å². The molecule has 2 aromatic heterocycles. The molecule has 0 spiro atoms. The van der Waals surface area contributed by atoms with Crippen molar-refractivity contribution in [3.63, 3.8) is 0 Å². The Kier molecular flexibility index (Phi) is 5.10. The molecule has 1 fully saturated rings. The standard InChI is InChI=1S/C15H22N6O2S/c1-10-19-21-8-12(18-15(21)24-10)4-5-17-14(23)11-3-2-6-20(7-11)9-13(16)22/h8,11H,2-7,9H2,1H3,(H2,16,22)(H,17,23). The number of likely N-dealkylation sites (tertiary alicyclic amines) is 1. The van der Waals surface area contributed by atoms with Gasteiger partial charge >= 0.3 is 0 Å². The average molecular weight is 350 g/mol. The Morgan fingerprint density at radius 3 is 3.08 bits per heavy atom. The minimum atomic E-state index is -0.348. The number of aryl methyl sites for hydroxylation is 1. The second kappa shape index (κ2) is 7.27. The highest BCUT2D eigenvalue weighted by atomic mass is 32.1. The van der Waals surface area contributed by atoms with Gasteiger partial charge in [0, 0.05) is 19.5 Å². The first-order chi connectivity index (χ1) is 11.5. The van der Waals surface area contributed by atoms with E-state index in [-0.39, 0.29) is 24.3 Å². The first-order valence-corrected chi connectivity index (χ1v) is 8.93. The summed E-state index contributed by atoms with van der Waals surface area (Å²) >= 11 is 1.55. The van der Waals surface area contributed by atoms with Gasteiger partial charge in [0.2, 0.25) is 16.8 Å². The number of hydrogen-bond acceptors (Lipinski definition) is 6. The van der Waals surface area contributed by atoms with Crippen molar-refractivity contribution < 1.29 is 9.59 Å². The van der Waals surface area contributed by atoms with Crippen molar-refractivity contribution in [2.24, 2.45) is 11.7 Å². The molecule has 0 aliphatic carbocycles. The van der Waals surface area contributed by atoms with Crippen LogP contribution in [-0.4, -0.2) is 57.5 Å². The lowest BCUT2D eigenvalue weighted by Gasteiger charge is -2.30. The highest BCUT2D eigenvalue weighted by molar-refractivity contribution is 7.16. The third kappa shape index (κ3) is 4.09. The predicted octanol–water partition coefficient (Wildman–Crippen LogP) is -0.0448. The van der Waals surface area contributed by atoms with E-state index in [1.807, 2.05) is 18.0 Å². The molecule has 3 heterocycles. The Hall–Kier alpha value is -2.00. The molecule has 1 aliphatic heterocycles. The zero-order valence-electron chi connectivity index (χ0n) is 13.7. The van der Waals surface area contributed by atoms with Gasteiger partial charge in [0.1, 0.15) is 5.01 Å². The molecule has 1 unspecified atom stereocenters. The van der Waals surface area contributed by atoms with Gasteiger partial charge in [-0.3, -0.25) is 14.5 Å². The van der Waals surface area contributed by atoms with Gasteiger partial charge in [-0.25, -0.2) is 9.50 Å². The molecule has 2 aromatic rings. The van der Waals surface area contributed by atoms with E-state index in [2.05, 4.69) is 15.4 Å². The van der Waals surface area contributed by atoms with E-state index in [9.17, 15) is 9.59 Å². The maximum Gasteiger partial charge on any atom is 0.231 e. The lowest BCUT2D eigenvalue weighted by molar-refractivity contribution is -0.128. The largest absolute Gasteiger partial charge is 0.369 e. The Balaban J connectivity index is 1.46. The van der Waals surface area contributed by atoms with E-state index in [1.54, 1.807) is 15.9 Å². The zero-order valence-corrected chi connectivity index (χ0v) is 14.5. The van der Waals surface area contributed by atoms with Crippen LogP contribution in [0.3, 0.4) is 0 Å². The number of nitrogens with zero attached hydrogens (tertiary/aromatic N) is 4. The Bertz CT molecular complexity index is 708. The van der Waals surface area contributed by atoms with Crippen LogP contribution in [0.2, 0.25) is 0 Å². The van der Waals surface area contributed by atoms with Crippen LogP contribution in [0.25, 0.3) is 4.96 Å². The maximum atomic E-state index is 12.3. The Morgan fingerprint density at radius 1 is 1.50 bits per heavy atom. The van der Waals surface area contributed by atoms with Crippen LogP contribution in [0.5, 0.6) is 0 Å². The van der Waals surface area contributed by atoms with Crippen LogP contribution < -0.4 is 11.1 Å². The molecule has 1 aliphatic rings. The fraction of sp³-hybridized carbons (Fsp3) is 0.600. The molecule has 0 radical (unpaired) electrons. The number of nitrogens with one attached hydrogen (secondary N) is 1. The summed E-state index contributed by atoms with van der Waals surface area (Å²) in [6.07, 6.45) is 4.34. The third-order valence-electron chi connectivity index (χ3n) is 4.13. The van der Waals surface area contributed by atoms with E-state index in [0.717, 1.165) is 35.0 Å². The molecule has 3 rings (SSSR count). The Labute approximate surface area is 144 Å². The van der Waals surface area contributed by atoms with Crippen LogP contribution in [-0.2, 0) is 16.0 Å². The van der Waals surface area contributed by atoms with Gasteiger partial charge < -0.3 is 11.1 Å². The van der Waals surface area contributed by atoms with Gasteiger partial charge in [0.25, 0.3) is 0 Å². The van der Waals surface area contributed by atoms with Crippen molar-refractivity contribution in [1.82, 2.24) is 24.8 Å². The number of piperidine rings is 1. The molecule has 3 N–H and O–H groups in total. The van der Waals surface area contributed by atoms with Gasteiger partial charge in [-0.05, 0) is 26.3 Å². The van der Waals surface area contributed by atoms with Crippen molar-refractivity contribution in [2.75, 3.05) is 26.2 Å². The summed E-state index contributed by atoms with van der Waals surface area (Å²) in [5, 5.41) is 8.28. The minimum Gasteiger partial charge on any atom is -0.369 e. The highest BCUT2D eigenvalue weighted by Gasteiger charge is 2.26. The maximum absolute atomic E-state index is 12.3. The fourth-order valence-corrected chi connectivity index (χ4v) is 3.80. The number of primary amides is 1. The van der Waals surface area contributed by atoms with E-state index in [1.165, 1.54) is 0 Å². The quantitative estimate of drug-likeness (QED) is 0.760. The van der Waals surface area contributed by atoms with Crippen LogP contribution in [0, 0.1) is 12.8 Å². The number of imidazole rings is 1. The summed E-state index contributed by atoms with van der Waals surface area (Å²) < 4.78 is 1.78. The van der Waals surface area contributed by atoms with Gasteiger partial charge in [0.15, 0.2) is 0 Å². The van der Waals surface area contributed by atoms with Gasteiger partial charge in [-0.15, -0.1) is 0 Å². The normalized spacial score (nSPS) is 18.8. The SMILES string of the molecule is Cc1nn2cc(CCNC(=O)C3CCCN(CC(N)=O)C3)nc2s1. The van der Waals surface area contributed by atoms with Crippen LogP contribution >= 0.6 is 11.3 Å². The first-order valence-electron chi connectivity index (χ1n) is 8.11. The summed E-state index contributed by atoms with van der Waals surface area (Å²) in [5.74, 6) is -0.383. The molecule has 2 amide bonds. The van der Waals surface area contributed by atoms with E-state index in [4.69, 9.17) is 5.73 Å². The van der Waals surface area contributed by atoms with Gasteiger partial charge in [0.05, 0.1) is 24.4 Å². The number of fused-ring (bicyclic) bond motifs is 1. The number of hydrogen-bond donors (Lipinski definition) is 2. The van der Waals surface area contributed by atoms with Crippen molar-refractivity contribution in [3.8, 4) is 0 Å². The van der Waals surface area contributed by atoms with Crippen LogP contribution in [0.1, 0.15) is 23.5 Å². The molecular weight excluding hydrogens is 328 g/mol. The van der Waals surface area contributed by atoms with Gasteiger partial charge in [-0.1, -0.05) is 11.3 Å². The molecule has 1 saturated heterocycles. The zero-order chi connectivity index (χ0) is 17.1. The number of nitrogens with two attached hydrogens (primary N) is 1. The lowest BCUT2D eigenvalue weighted by Crippen LogP contribution is -2.46. The molecule has 9 heteroatoms. The average Bonchev–Trinajstić information content (AvgIpc) is 3.03. The van der Waals surface area contributed by atoms with Gasteiger partial charge in [-0.2, -0.15) is 5.10 Å².